The number of rotatable bonds is 5. The molecule has 7 heteroatoms. The van der Waals surface area contributed by atoms with Gasteiger partial charge in [0.25, 0.3) is 5.56 Å². The van der Waals surface area contributed by atoms with Gasteiger partial charge in [0.05, 0.1) is 23.2 Å². The topological polar surface area (TPSA) is 67.9 Å². The summed E-state index contributed by atoms with van der Waals surface area (Å²) in [6, 6.07) is 7.69. The first kappa shape index (κ1) is 17.9. The molecular formula is C20H19N3O2S2. The fourth-order valence-electron chi connectivity index (χ4n) is 2.90. The van der Waals surface area contributed by atoms with Gasteiger partial charge in [-0.3, -0.25) is 4.79 Å². The summed E-state index contributed by atoms with van der Waals surface area (Å²) < 4.78 is 5.20. The molecule has 0 spiro atoms. The second-order valence-electron chi connectivity index (χ2n) is 6.58. The number of thiazole rings is 1. The van der Waals surface area contributed by atoms with Crippen molar-refractivity contribution in [3.63, 3.8) is 0 Å². The molecule has 0 saturated heterocycles. The van der Waals surface area contributed by atoms with E-state index in [0.29, 0.717) is 23.5 Å². The van der Waals surface area contributed by atoms with E-state index in [1.807, 2.05) is 35.0 Å². The van der Waals surface area contributed by atoms with E-state index in [1.54, 1.807) is 18.4 Å². The van der Waals surface area contributed by atoms with Crippen molar-refractivity contribution < 1.29 is 4.74 Å². The van der Waals surface area contributed by atoms with Crippen molar-refractivity contribution in [3.8, 4) is 16.9 Å². The van der Waals surface area contributed by atoms with E-state index >= 15 is 0 Å². The molecule has 0 aliphatic heterocycles. The van der Waals surface area contributed by atoms with Crippen molar-refractivity contribution in [1.29, 1.82) is 0 Å². The summed E-state index contributed by atoms with van der Waals surface area (Å²) in [4.78, 5) is 25.7. The Morgan fingerprint density at radius 3 is 2.56 bits per heavy atom. The van der Waals surface area contributed by atoms with Gasteiger partial charge in [-0.1, -0.05) is 26.0 Å². The molecule has 1 aromatic carbocycles. The molecule has 0 amide bonds. The summed E-state index contributed by atoms with van der Waals surface area (Å²) >= 11 is 3.14. The minimum atomic E-state index is -0.110. The number of hydrogen-bond acceptors (Lipinski definition) is 6. The molecule has 0 bridgehead atoms. The Labute approximate surface area is 164 Å². The third-order valence-electron chi connectivity index (χ3n) is 4.31. The minimum Gasteiger partial charge on any atom is -0.497 e. The van der Waals surface area contributed by atoms with Crippen LogP contribution in [-0.4, -0.2) is 22.1 Å². The molecule has 0 atom stereocenters. The predicted molar refractivity (Wildman–Crippen MR) is 111 cm³/mol. The van der Waals surface area contributed by atoms with Gasteiger partial charge < -0.3 is 9.72 Å². The molecule has 3 heterocycles. The number of H-pyrrole nitrogens is 1. The summed E-state index contributed by atoms with van der Waals surface area (Å²) in [5.74, 6) is 1.84. The van der Waals surface area contributed by atoms with Gasteiger partial charge in [0.2, 0.25) is 0 Å². The van der Waals surface area contributed by atoms with Crippen LogP contribution >= 0.6 is 22.7 Å². The molecule has 0 unspecified atom stereocenters. The van der Waals surface area contributed by atoms with Gasteiger partial charge in [-0.2, -0.15) is 0 Å². The summed E-state index contributed by atoms with van der Waals surface area (Å²) in [6.45, 7) is 4.25. The number of fused-ring (bicyclic) bond motifs is 1. The van der Waals surface area contributed by atoms with Gasteiger partial charge in [-0.05, 0) is 17.7 Å². The molecule has 138 valence electrons. The van der Waals surface area contributed by atoms with E-state index in [-0.39, 0.29) is 5.56 Å². The monoisotopic (exact) mass is 397 g/mol. The van der Waals surface area contributed by atoms with Crippen LogP contribution in [0.25, 0.3) is 21.3 Å². The average Bonchev–Trinajstić information content (AvgIpc) is 3.29. The van der Waals surface area contributed by atoms with E-state index in [9.17, 15) is 4.79 Å². The van der Waals surface area contributed by atoms with Gasteiger partial charge in [-0.15, -0.1) is 22.7 Å². The van der Waals surface area contributed by atoms with Crippen molar-refractivity contribution in [3.05, 3.63) is 61.9 Å². The molecule has 4 rings (SSSR count). The zero-order valence-electron chi connectivity index (χ0n) is 15.3. The maximum absolute atomic E-state index is 12.8. The van der Waals surface area contributed by atoms with E-state index in [1.165, 1.54) is 11.3 Å². The number of aromatic amines is 1. The predicted octanol–water partition coefficient (Wildman–Crippen LogP) is 4.83. The third kappa shape index (κ3) is 3.52. The van der Waals surface area contributed by atoms with Crippen molar-refractivity contribution in [2.24, 2.45) is 0 Å². The van der Waals surface area contributed by atoms with Gasteiger partial charge in [0, 0.05) is 28.7 Å². The average molecular weight is 398 g/mol. The lowest BCUT2D eigenvalue weighted by Crippen LogP contribution is -2.11. The van der Waals surface area contributed by atoms with Crippen LogP contribution in [0.5, 0.6) is 5.75 Å². The molecule has 0 fully saturated rings. The molecule has 1 N–H and O–H groups in total. The number of methoxy groups -OCH3 is 1. The van der Waals surface area contributed by atoms with E-state index in [2.05, 4.69) is 28.8 Å². The molecule has 0 aliphatic carbocycles. The first-order valence-corrected chi connectivity index (χ1v) is 10.4. The Hall–Kier alpha value is -2.51. The van der Waals surface area contributed by atoms with Crippen LogP contribution in [-0.2, 0) is 6.42 Å². The van der Waals surface area contributed by atoms with Crippen LogP contribution in [0.15, 0.2) is 39.8 Å². The summed E-state index contributed by atoms with van der Waals surface area (Å²) in [6.07, 6.45) is 0.532. The van der Waals surface area contributed by atoms with Crippen LogP contribution in [0.1, 0.15) is 36.3 Å². The molecular weight excluding hydrogens is 378 g/mol. The molecule has 3 aromatic heterocycles. The fraction of sp³-hybridized carbons (Fsp3) is 0.250. The second kappa shape index (κ2) is 7.25. The Bertz CT molecular complexity index is 1140. The fourth-order valence-corrected chi connectivity index (χ4v) is 4.70. The van der Waals surface area contributed by atoms with E-state index in [4.69, 9.17) is 4.74 Å². The molecule has 0 aliphatic rings. The first-order chi connectivity index (χ1) is 13.0. The van der Waals surface area contributed by atoms with Gasteiger partial charge in [0.1, 0.15) is 16.4 Å². The number of ether oxygens (including phenoxy) is 1. The van der Waals surface area contributed by atoms with Gasteiger partial charge >= 0.3 is 0 Å². The molecule has 4 aromatic rings. The highest BCUT2D eigenvalue weighted by molar-refractivity contribution is 7.17. The first-order valence-electron chi connectivity index (χ1n) is 8.64. The Morgan fingerprint density at radius 1 is 1.11 bits per heavy atom. The minimum absolute atomic E-state index is 0.110. The van der Waals surface area contributed by atoms with Crippen molar-refractivity contribution >= 4 is 32.9 Å². The third-order valence-corrected chi connectivity index (χ3v) is 6.37. The van der Waals surface area contributed by atoms with Crippen molar-refractivity contribution in [2.45, 2.75) is 26.2 Å². The van der Waals surface area contributed by atoms with Crippen molar-refractivity contribution in [2.75, 3.05) is 7.11 Å². The van der Waals surface area contributed by atoms with Crippen LogP contribution < -0.4 is 10.3 Å². The highest BCUT2D eigenvalue weighted by Gasteiger charge is 2.14. The van der Waals surface area contributed by atoms with Crippen LogP contribution in [0.4, 0.5) is 0 Å². The zero-order valence-corrected chi connectivity index (χ0v) is 16.9. The Kier molecular flexibility index (Phi) is 4.80. The normalized spacial score (nSPS) is 11.4. The standard InChI is InChI=1S/C20H19N3O2S2/c1-11(2)19-21-13(9-26-19)8-16-22-18(24)17-15(10-27-20(17)23-16)12-4-6-14(25-3)7-5-12/h4-7,9-11H,8H2,1-3H3,(H,22,23,24). The van der Waals surface area contributed by atoms with Crippen LogP contribution in [0.3, 0.4) is 0 Å². The summed E-state index contributed by atoms with van der Waals surface area (Å²) in [7, 11) is 1.64. The second-order valence-corrected chi connectivity index (χ2v) is 8.33. The number of hydrogen-bond donors (Lipinski definition) is 1. The van der Waals surface area contributed by atoms with E-state index < -0.39 is 0 Å². The highest BCUT2D eigenvalue weighted by atomic mass is 32.1. The number of nitrogens with zero attached hydrogens (tertiary/aromatic N) is 2. The summed E-state index contributed by atoms with van der Waals surface area (Å²) in [5, 5.41) is 5.76. The van der Waals surface area contributed by atoms with Crippen LogP contribution in [0.2, 0.25) is 0 Å². The molecule has 5 nitrogen and oxygen atoms in total. The maximum atomic E-state index is 12.8. The lowest BCUT2D eigenvalue weighted by molar-refractivity contribution is 0.415. The number of benzene rings is 1. The molecule has 27 heavy (non-hydrogen) atoms. The Balaban J connectivity index is 1.69. The van der Waals surface area contributed by atoms with Gasteiger partial charge in [0.15, 0.2) is 0 Å². The lowest BCUT2D eigenvalue weighted by atomic mass is 10.1. The van der Waals surface area contributed by atoms with E-state index in [0.717, 1.165) is 32.4 Å². The smallest absolute Gasteiger partial charge is 0.260 e. The largest absolute Gasteiger partial charge is 0.497 e. The maximum Gasteiger partial charge on any atom is 0.260 e. The lowest BCUT2D eigenvalue weighted by Gasteiger charge is -2.03. The van der Waals surface area contributed by atoms with Gasteiger partial charge in [-0.25, -0.2) is 9.97 Å². The quantitative estimate of drug-likeness (QED) is 0.524. The summed E-state index contributed by atoms with van der Waals surface area (Å²) in [5.41, 5.74) is 2.70. The Morgan fingerprint density at radius 2 is 1.89 bits per heavy atom. The molecule has 0 radical (unpaired) electrons. The van der Waals surface area contributed by atoms with Crippen molar-refractivity contribution in [1.82, 2.24) is 15.0 Å². The van der Waals surface area contributed by atoms with Crippen LogP contribution in [0, 0.1) is 0 Å². The SMILES string of the molecule is COc1ccc(-c2csc3nc(Cc4csc(C(C)C)n4)[nH]c(=O)c23)cc1. The molecule has 0 saturated carbocycles. The zero-order chi connectivity index (χ0) is 19.0. The highest BCUT2D eigenvalue weighted by Crippen LogP contribution is 2.32. The number of aromatic nitrogens is 3. The number of nitrogens with one attached hydrogen (secondary N) is 1. The number of thiophene rings is 1.